The molecule has 3 aliphatic rings. The van der Waals surface area contributed by atoms with Gasteiger partial charge in [0.25, 0.3) is 5.91 Å². The monoisotopic (exact) mass is 804 g/mol. The smallest absolute Gasteiger partial charge is 0.289 e. The van der Waals surface area contributed by atoms with E-state index < -0.39 is 11.7 Å². The second kappa shape index (κ2) is 16.9. The van der Waals surface area contributed by atoms with Crippen LogP contribution in [0.3, 0.4) is 0 Å². The molecule has 2 aromatic heterocycles. The van der Waals surface area contributed by atoms with Gasteiger partial charge in [0.2, 0.25) is 17.7 Å². The van der Waals surface area contributed by atoms with Gasteiger partial charge in [-0.25, -0.2) is 8.78 Å². The van der Waals surface area contributed by atoms with Crippen molar-refractivity contribution in [1.82, 2.24) is 35.0 Å². The highest BCUT2D eigenvalue weighted by Gasteiger charge is 2.29. The normalized spacial score (nSPS) is 17.6. The Bertz CT molecular complexity index is 2420. The van der Waals surface area contributed by atoms with Crippen molar-refractivity contribution in [1.29, 1.82) is 0 Å². The van der Waals surface area contributed by atoms with Gasteiger partial charge in [-0.05, 0) is 65.8 Å². The summed E-state index contributed by atoms with van der Waals surface area (Å²) in [5, 5.41) is 10.3. The number of hydrogen-bond donors (Lipinski definition) is 1. The maximum Gasteiger partial charge on any atom is 0.289 e. The average Bonchev–Trinajstić information content (AvgIpc) is 3.94. The van der Waals surface area contributed by atoms with Gasteiger partial charge in [-0.1, -0.05) is 35.6 Å². The van der Waals surface area contributed by atoms with Crippen molar-refractivity contribution in [2.75, 3.05) is 64.8 Å². The lowest BCUT2D eigenvalue weighted by Gasteiger charge is -2.36. The molecule has 8 rings (SSSR count). The number of hydrogen-bond acceptors (Lipinski definition) is 9. The maximum atomic E-state index is 16.5. The Morgan fingerprint density at radius 1 is 0.949 bits per heavy atom. The molecule has 1 atom stereocenters. The lowest BCUT2D eigenvalue weighted by molar-refractivity contribution is -0.134. The van der Waals surface area contributed by atoms with E-state index in [0.29, 0.717) is 66.7 Å². The van der Waals surface area contributed by atoms with Gasteiger partial charge in [0.15, 0.2) is 5.76 Å². The predicted octanol–water partition coefficient (Wildman–Crippen LogP) is 5.26. The average molecular weight is 805 g/mol. The maximum absolute atomic E-state index is 16.5. The van der Waals surface area contributed by atoms with Crippen molar-refractivity contribution in [2.24, 2.45) is 0 Å². The van der Waals surface area contributed by atoms with Gasteiger partial charge in [0.1, 0.15) is 17.2 Å². The largest absolute Gasteiger partial charge is 0.450 e. The van der Waals surface area contributed by atoms with Crippen LogP contribution in [-0.2, 0) is 27.3 Å². The van der Waals surface area contributed by atoms with Crippen LogP contribution in [0, 0.1) is 11.6 Å². The fraction of sp³-hybridized carbons (Fsp3) is 0.364. The van der Waals surface area contributed by atoms with Gasteiger partial charge < -0.3 is 19.1 Å². The van der Waals surface area contributed by atoms with Gasteiger partial charge in [-0.3, -0.25) is 34.1 Å². The van der Waals surface area contributed by atoms with Gasteiger partial charge in [0.05, 0.1) is 24.0 Å². The summed E-state index contributed by atoms with van der Waals surface area (Å²) in [6.07, 6.45) is 7.23. The molecule has 0 spiro atoms. The third-order valence-electron chi connectivity index (χ3n) is 11.6. The first-order valence-electron chi connectivity index (χ1n) is 20.0. The molecular formula is C44H46F2N8O5. The number of fused-ring (bicyclic) bond motifs is 1. The van der Waals surface area contributed by atoms with Crippen LogP contribution in [0.5, 0.6) is 0 Å². The topological polar surface area (TPSA) is 137 Å². The third-order valence-corrected chi connectivity index (χ3v) is 11.6. The Labute approximate surface area is 340 Å². The van der Waals surface area contributed by atoms with Crippen LogP contribution in [0.4, 0.5) is 14.5 Å². The van der Waals surface area contributed by atoms with Gasteiger partial charge in [-0.15, -0.1) is 5.10 Å². The highest BCUT2D eigenvalue weighted by atomic mass is 19.1. The number of piperidine rings is 1. The minimum Gasteiger partial charge on any atom is -0.450 e. The number of carbonyl (C=O) groups excluding carboxylic acids is 4. The van der Waals surface area contributed by atoms with Crippen LogP contribution < -0.4 is 10.2 Å². The molecule has 3 aliphatic heterocycles. The summed E-state index contributed by atoms with van der Waals surface area (Å²) >= 11 is 0. The molecule has 2 saturated heterocycles. The number of nitrogens with one attached hydrogen (secondary N) is 1. The van der Waals surface area contributed by atoms with Crippen molar-refractivity contribution < 1.29 is 32.4 Å². The quantitative estimate of drug-likeness (QED) is 0.177. The van der Waals surface area contributed by atoms with E-state index >= 15 is 8.78 Å². The molecular weight excluding hydrogens is 759 g/mol. The van der Waals surface area contributed by atoms with Gasteiger partial charge >= 0.3 is 0 Å². The summed E-state index contributed by atoms with van der Waals surface area (Å²) in [7, 11) is 3.23. The SMILES string of the molecule is CN(C)C(=O)c1cc2c(F)c(C3=CCCN(C(=O)CCn4ccnn4)C3)cc(-c3ccc(N4CCN(CCc5ccc(C6CCC(=O)NC6=O)cc5F)CC4)cc3)c2o1. The molecule has 1 N–H and O–H groups in total. The lowest BCUT2D eigenvalue weighted by atomic mass is 9.89. The van der Waals surface area contributed by atoms with E-state index in [2.05, 4.69) is 25.4 Å². The number of nitrogens with zero attached hydrogens (tertiary/aromatic N) is 7. The number of halogens is 2. The van der Waals surface area contributed by atoms with Crippen molar-refractivity contribution in [3.05, 3.63) is 107 Å². The summed E-state index contributed by atoms with van der Waals surface area (Å²) in [5.41, 5.74) is 4.96. The second-order valence-electron chi connectivity index (χ2n) is 15.6. The molecule has 13 nitrogen and oxygen atoms in total. The number of carbonyl (C=O) groups is 4. The highest BCUT2D eigenvalue weighted by molar-refractivity contribution is 6.02. The Morgan fingerprint density at radius 3 is 2.46 bits per heavy atom. The van der Waals surface area contributed by atoms with E-state index in [1.54, 1.807) is 54.3 Å². The summed E-state index contributed by atoms with van der Waals surface area (Å²) < 4.78 is 39.3. The van der Waals surface area contributed by atoms with E-state index in [0.717, 1.165) is 37.4 Å². The van der Waals surface area contributed by atoms with Crippen LogP contribution in [0.2, 0.25) is 0 Å². The van der Waals surface area contributed by atoms with Gasteiger partial charge in [-0.2, -0.15) is 0 Å². The number of aromatic nitrogens is 3. The number of piperazine rings is 1. The standard InChI is InChI=1S/C44H46F2N8O5/c1-50(2)44(58)38-26-36-41(46)34(31-4-3-16-53(27-31)40(56)14-18-54-19-15-47-49-54)25-35(42(36)59-38)28-7-9-32(10-8-28)52-22-20-51(21-23-52)17-13-29-5-6-30(24-37(29)45)33-11-12-39(55)48-43(33)57/h4-10,15,19,24-26,33H,3,11-14,16-18,20-23,27H2,1-2H3,(H,48,55,57). The number of rotatable bonds is 11. The zero-order valence-electron chi connectivity index (χ0n) is 33.1. The number of anilines is 1. The van der Waals surface area contributed by atoms with Crippen LogP contribution >= 0.6 is 0 Å². The molecule has 0 aliphatic carbocycles. The number of imide groups is 1. The minimum absolute atomic E-state index is 0.0336. The molecule has 2 fully saturated rings. The van der Waals surface area contributed by atoms with Crippen molar-refractivity contribution >= 4 is 45.9 Å². The Balaban J connectivity index is 0.950. The van der Waals surface area contributed by atoms with Crippen molar-refractivity contribution in [3.8, 4) is 11.1 Å². The number of amides is 4. The van der Waals surface area contributed by atoms with Gasteiger partial charge in [0, 0.05) is 102 Å². The first-order chi connectivity index (χ1) is 28.5. The van der Waals surface area contributed by atoms with Crippen molar-refractivity contribution in [3.63, 3.8) is 0 Å². The first-order valence-corrected chi connectivity index (χ1v) is 20.0. The van der Waals surface area contributed by atoms with E-state index in [1.165, 1.54) is 17.0 Å². The molecule has 0 radical (unpaired) electrons. The van der Waals surface area contributed by atoms with Crippen LogP contribution in [0.25, 0.3) is 27.7 Å². The van der Waals surface area contributed by atoms with Crippen LogP contribution in [0.1, 0.15) is 58.8 Å². The second-order valence-corrected chi connectivity index (χ2v) is 15.6. The molecule has 3 aromatic carbocycles. The zero-order valence-corrected chi connectivity index (χ0v) is 33.1. The molecule has 5 aromatic rings. The Kier molecular flexibility index (Phi) is 11.4. The molecule has 59 heavy (non-hydrogen) atoms. The first kappa shape index (κ1) is 39.6. The molecule has 1 unspecified atom stereocenters. The Morgan fingerprint density at radius 2 is 1.75 bits per heavy atom. The fourth-order valence-electron chi connectivity index (χ4n) is 8.17. The molecule has 306 valence electrons. The van der Waals surface area contributed by atoms with E-state index in [1.807, 2.05) is 30.3 Å². The van der Waals surface area contributed by atoms with Crippen LogP contribution in [-0.4, -0.2) is 113 Å². The third kappa shape index (κ3) is 8.51. The zero-order chi connectivity index (χ0) is 41.2. The summed E-state index contributed by atoms with van der Waals surface area (Å²) in [5.74, 6) is -2.43. The number of furan rings is 1. The van der Waals surface area contributed by atoms with E-state index in [-0.39, 0.29) is 65.6 Å². The number of benzene rings is 3. The lowest BCUT2D eigenvalue weighted by Crippen LogP contribution is -2.47. The summed E-state index contributed by atoms with van der Waals surface area (Å²) in [6, 6.07) is 16.2. The van der Waals surface area contributed by atoms with Crippen molar-refractivity contribution in [2.45, 2.75) is 44.6 Å². The Hall–Kier alpha value is -6.22. The predicted molar refractivity (Wildman–Crippen MR) is 217 cm³/mol. The summed E-state index contributed by atoms with van der Waals surface area (Å²) in [6.45, 7) is 5.01. The minimum atomic E-state index is -0.518. The molecule has 0 bridgehead atoms. The van der Waals surface area contributed by atoms with E-state index in [4.69, 9.17) is 4.42 Å². The molecule has 0 saturated carbocycles. The fourth-order valence-corrected chi connectivity index (χ4v) is 8.17. The van der Waals surface area contributed by atoms with Crippen LogP contribution in [0.15, 0.2) is 77.5 Å². The molecule has 4 amide bonds. The molecule has 5 heterocycles. The highest BCUT2D eigenvalue weighted by Crippen LogP contribution is 2.39. The molecule has 15 heteroatoms. The summed E-state index contributed by atoms with van der Waals surface area (Å²) in [4.78, 5) is 57.7. The number of aryl methyl sites for hydroxylation is 1. The van der Waals surface area contributed by atoms with E-state index in [9.17, 15) is 19.2 Å².